The van der Waals surface area contributed by atoms with E-state index in [1.54, 1.807) is 30.7 Å². The SMILES string of the molecule is Cc1cccn2c(=O)c(C=NNc3ncnc([N+](=O)[O-])c3N)c(NCc3ccco3)nc12. The van der Waals surface area contributed by atoms with Crippen LogP contribution in [0.25, 0.3) is 5.65 Å². The maximum atomic E-state index is 13.1. The molecule has 0 saturated carbocycles. The molecule has 0 bridgehead atoms. The van der Waals surface area contributed by atoms with E-state index in [4.69, 9.17) is 10.2 Å². The van der Waals surface area contributed by atoms with E-state index in [2.05, 4.69) is 30.8 Å². The molecule has 4 N–H and O–H groups in total. The van der Waals surface area contributed by atoms with Gasteiger partial charge >= 0.3 is 5.82 Å². The minimum absolute atomic E-state index is 0.0715. The summed E-state index contributed by atoms with van der Waals surface area (Å²) >= 11 is 0. The Bertz CT molecular complexity index is 1380. The molecule has 0 spiro atoms. The van der Waals surface area contributed by atoms with Gasteiger partial charge in [0.15, 0.2) is 11.5 Å². The minimum atomic E-state index is -0.732. The van der Waals surface area contributed by atoms with E-state index in [1.807, 2.05) is 13.0 Å². The lowest BCUT2D eigenvalue weighted by molar-refractivity contribution is -0.388. The Hall–Kier alpha value is -4.81. The van der Waals surface area contributed by atoms with Gasteiger partial charge in [-0.25, -0.2) is 4.98 Å². The van der Waals surface area contributed by atoms with Crippen molar-refractivity contribution >= 4 is 35.0 Å². The molecule has 0 aliphatic carbocycles. The molecular formula is C19H17N9O4. The first-order valence-corrected chi connectivity index (χ1v) is 9.28. The number of rotatable bonds is 7. The van der Waals surface area contributed by atoms with Crippen molar-refractivity contribution < 1.29 is 9.34 Å². The van der Waals surface area contributed by atoms with Crippen LogP contribution < -0.4 is 22.0 Å². The fourth-order valence-corrected chi connectivity index (χ4v) is 2.93. The van der Waals surface area contributed by atoms with Gasteiger partial charge in [-0.2, -0.15) is 10.1 Å². The lowest BCUT2D eigenvalue weighted by atomic mass is 10.2. The summed E-state index contributed by atoms with van der Waals surface area (Å²) in [5, 5.41) is 18.0. The summed E-state index contributed by atoms with van der Waals surface area (Å²) in [4.78, 5) is 35.3. The molecule has 0 unspecified atom stereocenters. The second-order valence-corrected chi connectivity index (χ2v) is 6.58. The molecule has 4 rings (SSSR count). The average Bonchev–Trinajstić information content (AvgIpc) is 3.29. The fourth-order valence-electron chi connectivity index (χ4n) is 2.93. The predicted octanol–water partition coefficient (Wildman–Crippen LogP) is 1.93. The Morgan fingerprint density at radius 1 is 1.31 bits per heavy atom. The first-order valence-electron chi connectivity index (χ1n) is 9.28. The molecule has 0 aliphatic heterocycles. The third-order valence-electron chi connectivity index (χ3n) is 4.49. The minimum Gasteiger partial charge on any atom is -0.467 e. The number of hydrogen-bond donors (Lipinski definition) is 3. The van der Waals surface area contributed by atoms with Gasteiger partial charge in [0, 0.05) is 6.20 Å². The van der Waals surface area contributed by atoms with E-state index in [0.717, 1.165) is 11.9 Å². The number of nitrogens with one attached hydrogen (secondary N) is 2. The van der Waals surface area contributed by atoms with Crippen molar-refractivity contribution in [3.8, 4) is 0 Å². The summed E-state index contributed by atoms with van der Waals surface area (Å²) in [6.45, 7) is 2.14. The van der Waals surface area contributed by atoms with E-state index in [-0.39, 0.29) is 28.4 Å². The quantitative estimate of drug-likeness (QED) is 0.220. The van der Waals surface area contributed by atoms with Crippen LogP contribution in [0.1, 0.15) is 16.9 Å². The zero-order valence-electron chi connectivity index (χ0n) is 16.7. The highest BCUT2D eigenvalue weighted by atomic mass is 16.6. The van der Waals surface area contributed by atoms with E-state index < -0.39 is 10.7 Å². The molecule has 0 aromatic carbocycles. The van der Waals surface area contributed by atoms with Crippen LogP contribution in [0.3, 0.4) is 0 Å². The third-order valence-corrected chi connectivity index (χ3v) is 4.49. The summed E-state index contributed by atoms with van der Waals surface area (Å²) in [5.74, 6) is 0.311. The lowest BCUT2D eigenvalue weighted by Crippen LogP contribution is -2.23. The Balaban J connectivity index is 1.71. The molecule has 4 heterocycles. The van der Waals surface area contributed by atoms with Crippen LogP contribution in [0.4, 0.5) is 23.1 Å². The monoisotopic (exact) mass is 435 g/mol. The maximum absolute atomic E-state index is 13.1. The van der Waals surface area contributed by atoms with Crippen molar-refractivity contribution in [3.05, 3.63) is 80.4 Å². The van der Waals surface area contributed by atoms with Crippen molar-refractivity contribution in [3.63, 3.8) is 0 Å². The van der Waals surface area contributed by atoms with Crippen molar-refractivity contribution in [1.29, 1.82) is 0 Å². The Morgan fingerprint density at radius 3 is 2.91 bits per heavy atom. The van der Waals surface area contributed by atoms with Crippen LogP contribution in [0.2, 0.25) is 0 Å². The highest BCUT2D eigenvalue weighted by Crippen LogP contribution is 2.24. The number of anilines is 3. The molecule has 0 aliphatic rings. The number of nitrogen functional groups attached to an aromatic ring is 1. The van der Waals surface area contributed by atoms with Gasteiger partial charge < -0.3 is 25.6 Å². The Labute approximate surface area is 179 Å². The molecule has 13 nitrogen and oxygen atoms in total. The van der Waals surface area contributed by atoms with Crippen molar-refractivity contribution in [1.82, 2.24) is 19.4 Å². The Kier molecular flexibility index (Phi) is 5.44. The van der Waals surface area contributed by atoms with E-state index in [0.29, 0.717) is 18.0 Å². The molecule has 0 atom stereocenters. The first-order chi connectivity index (χ1) is 15.5. The average molecular weight is 435 g/mol. The number of nitrogens with zero attached hydrogens (tertiary/aromatic N) is 6. The predicted molar refractivity (Wildman–Crippen MR) is 117 cm³/mol. The van der Waals surface area contributed by atoms with Gasteiger partial charge in [0.1, 0.15) is 22.8 Å². The van der Waals surface area contributed by atoms with Gasteiger partial charge in [0.2, 0.25) is 6.33 Å². The second kappa shape index (κ2) is 8.51. The normalized spacial score (nSPS) is 11.2. The van der Waals surface area contributed by atoms with E-state index >= 15 is 0 Å². The molecule has 32 heavy (non-hydrogen) atoms. The molecule has 0 fully saturated rings. The third kappa shape index (κ3) is 3.94. The lowest BCUT2D eigenvalue weighted by Gasteiger charge is -2.11. The van der Waals surface area contributed by atoms with Crippen LogP contribution in [-0.2, 0) is 6.54 Å². The van der Waals surface area contributed by atoms with Crippen LogP contribution in [-0.4, -0.2) is 30.5 Å². The molecule has 0 saturated heterocycles. The molecule has 4 aromatic heterocycles. The standard InChI is InChI=1S/C19H17N9O4/c1-11-4-2-6-27-17(11)25-15(21-8-12-5-3-7-32-12)13(19(27)29)9-24-26-16-14(20)18(28(30)31)23-10-22-16/h2-7,9-10,21H,8,20H2,1H3,(H,22,23,26). The molecule has 0 amide bonds. The highest BCUT2D eigenvalue weighted by molar-refractivity contribution is 5.87. The largest absolute Gasteiger partial charge is 0.467 e. The van der Waals surface area contributed by atoms with Crippen LogP contribution in [0.15, 0.2) is 57.4 Å². The number of nitro groups is 1. The van der Waals surface area contributed by atoms with Gasteiger partial charge in [0.05, 0.1) is 19.0 Å². The summed E-state index contributed by atoms with van der Waals surface area (Å²) in [7, 11) is 0. The van der Waals surface area contributed by atoms with Crippen LogP contribution in [0, 0.1) is 17.0 Å². The molecule has 0 radical (unpaired) electrons. The number of hydrogen-bond acceptors (Lipinski definition) is 11. The number of furan rings is 1. The summed E-state index contributed by atoms with van der Waals surface area (Å²) < 4.78 is 6.72. The maximum Gasteiger partial charge on any atom is 0.392 e. The van der Waals surface area contributed by atoms with Crippen molar-refractivity contribution in [2.75, 3.05) is 16.5 Å². The zero-order valence-corrected chi connectivity index (χ0v) is 16.7. The summed E-state index contributed by atoms with van der Waals surface area (Å²) in [5.41, 5.74) is 9.02. The second-order valence-electron chi connectivity index (χ2n) is 6.58. The topological polar surface area (TPSA) is 179 Å². The summed E-state index contributed by atoms with van der Waals surface area (Å²) in [6, 6.07) is 7.12. The van der Waals surface area contributed by atoms with E-state index in [1.165, 1.54) is 10.6 Å². The van der Waals surface area contributed by atoms with Crippen LogP contribution >= 0.6 is 0 Å². The smallest absolute Gasteiger partial charge is 0.392 e. The molecule has 162 valence electrons. The zero-order chi connectivity index (χ0) is 22.7. The van der Waals surface area contributed by atoms with Crippen LogP contribution in [0.5, 0.6) is 0 Å². The fraction of sp³-hybridized carbons (Fsp3) is 0.105. The number of fused-ring (bicyclic) bond motifs is 1. The number of aryl methyl sites for hydroxylation is 1. The number of pyridine rings is 1. The van der Waals surface area contributed by atoms with Gasteiger partial charge in [-0.05, 0) is 40.6 Å². The molecule has 13 heteroatoms. The van der Waals surface area contributed by atoms with E-state index in [9.17, 15) is 14.9 Å². The molecule has 4 aromatic rings. The van der Waals surface area contributed by atoms with Crippen molar-refractivity contribution in [2.45, 2.75) is 13.5 Å². The van der Waals surface area contributed by atoms with Gasteiger partial charge in [-0.15, -0.1) is 0 Å². The number of hydrazone groups is 1. The van der Waals surface area contributed by atoms with Gasteiger partial charge in [-0.1, -0.05) is 6.07 Å². The number of nitrogens with two attached hydrogens (primary N) is 1. The number of aromatic nitrogens is 4. The molecular weight excluding hydrogens is 418 g/mol. The van der Waals surface area contributed by atoms with Gasteiger partial charge in [-0.3, -0.25) is 14.6 Å². The van der Waals surface area contributed by atoms with Crippen molar-refractivity contribution in [2.24, 2.45) is 5.10 Å². The Morgan fingerprint density at radius 2 is 2.16 bits per heavy atom. The summed E-state index contributed by atoms with van der Waals surface area (Å²) in [6.07, 6.45) is 5.37. The van der Waals surface area contributed by atoms with Gasteiger partial charge in [0.25, 0.3) is 5.56 Å². The highest BCUT2D eigenvalue weighted by Gasteiger charge is 2.18. The first kappa shape index (κ1) is 20.5.